The van der Waals surface area contributed by atoms with E-state index in [0.717, 1.165) is 10.4 Å². The average molecular weight is 555 g/mol. The number of rotatable bonds is 10. The van der Waals surface area contributed by atoms with Gasteiger partial charge in [0, 0.05) is 0 Å². The number of hydrogen-bond acceptors (Lipinski definition) is 7. The van der Waals surface area contributed by atoms with Gasteiger partial charge in [-0.05, 0) is 36.2 Å². The molecular formula is C31H42O7Si. The van der Waals surface area contributed by atoms with Gasteiger partial charge in [0.15, 0.2) is 12.1 Å². The molecule has 7 nitrogen and oxygen atoms in total. The molecule has 2 aliphatic heterocycles. The van der Waals surface area contributed by atoms with Gasteiger partial charge in [0.05, 0.1) is 25.0 Å². The van der Waals surface area contributed by atoms with Crippen LogP contribution >= 0.6 is 0 Å². The summed E-state index contributed by atoms with van der Waals surface area (Å²) in [6.45, 7) is 16.2. The number of carbonyl (C=O) groups excluding carboxylic acids is 1. The molecule has 0 amide bonds. The molecule has 2 aliphatic rings. The lowest BCUT2D eigenvalue weighted by Gasteiger charge is -2.44. The molecule has 2 saturated heterocycles. The van der Waals surface area contributed by atoms with Gasteiger partial charge in [-0.2, -0.15) is 0 Å². The third-order valence-corrected chi connectivity index (χ3v) is 12.8. The Kier molecular flexibility index (Phi) is 8.57. The van der Waals surface area contributed by atoms with Gasteiger partial charge in [0.1, 0.15) is 18.3 Å². The summed E-state index contributed by atoms with van der Waals surface area (Å²) in [6, 6.07) is 20.5. The SMILES string of the molecule is C=C[C@]1(CC(=O)OCC)[C@@H]([C@H](O)CO[Si](c2ccccc2)(c2ccccc2)C(C)(C)C)O[C@@H]2OC(C)(C)O[C@@H]21. The molecule has 212 valence electrons. The van der Waals surface area contributed by atoms with E-state index in [2.05, 4.69) is 51.6 Å². The third kappa shape index (κ3) is 5.51. The largest absolute Gasteiger partial charge is 0.466 e. The average Bonchev–Trinajstić information content (AvgIpc) is 3.35. The summed E-state index contributed by atoms with van der Waals surface area (Å²) in [6.07, 6.45) is -1.77. The Balaban J connectivity index is 1.70. The van der Waals surface area contributed by atoms with E-state index in [1.165, 1.54) is 0 Å². The summed E-state index contributed by atoms with van der Waals surface area (Å²) in [5, 5.41) is 13.7. The van der Waals surface area contributed by atoms with E-state index in [4.69, 9.17) is 23.4 Å². The van der Waals surface area contributed by atoms with Crippen molar-refractivity contribution in [1.82, 2.24) is 0 Å². The van der Waals surface area contributed by atoms with Crippen molar-refractivity contribution in [2.24, 2.45) is 5.41 Å². The second kappa shape index (κ2) is 11.3. The van der Waals surface area contributed by atoms with Crippen molar-refractivity contribution >= 4 is 24.7 Å². The van der Waals surface area contributed by atoms with Gasteiger partial charge in [0.25, 0.3) is 8.32 Å². The Bertz CT molecular complexity index is 1090. The molecule has 0 aromatic heterocycles. The molecule has 0 saturated carbocycles. The van der Waals surface area contributed by atoms with Crippen LogP contribution in [0.1, 0.15) is 48.0 Å². The monoisotopic (exact) mass is 554 g/mol. The van der Waals surface area contributed by atoms with Crippen LogP contribution < -0.4 is 10.4 Å². The van der Waals surface area contributed by atoms with Crippen LogP contribution in [0.15, 0.2) is 73.3 Å². The minimum absolute atomic E-state index is 0.0147. The van der Waals surface area contributed by atoms with E-state index in [0.29, 0.717) is 0 Å². The molecule has 4 rings (SSSR count). The number of carbonyl (C=O) groups is 1. The highest BCUT2D eigenvalue weighted by Gasteiger charge is 2.64. The first-order valence-electron chi connectivity index (χ1n) is 13.6. The Labute approximate surface area is 233 Å². The van der Waals surface area contributed by atoms with Gasteiger partial charge in [0.2, 0.25) is 0 Å². The van der Waals surface area contributed by atoms with Crippen molar-refractivity contribution in [2.45, 2.75) is 83.4 Å². The lowest BCUT2D eigenvalue weighted by molar-refractivity contribution is -0.229. The maximum atomic E-state index is 12.8. The molecule has 8 heteroatoms. The van der Waals surface area contributed by atoms with E-state index >= 15 is 0 Å². The molecule has 0 radical (unpaired) electrons. The maximum Gasteiger partial charge on any atom is 0.306 e. The highest BCUT2D eigenvalue weighted by atomic mass is 28.4. The number of esters is 1. The summed E-state index contributed by atoms with van der Waals surface area (Å²) in [5.41, 5.74) is -1.07. The zero-order valence-corrected chi connectivity index (χ0v) is 24.9. The van der Waals surface area contributed by atoms with E-state index in [9.17, 15) is 9.90 Å². The topological polar surface area (TPSA) is 83.5 Å². The molecule has 0 unspecified atom stereocenters. The van der Waals surface area contributed by atoms with Gasteiger partial charge in [-0.3, -0.25) is 4.79 Å². The standard InChI is InChI=1S/C31H42O7Si/c1-8-31(20-25(33)34-9-2)26(36-28-27(31)37-30(6,7)38-28)24(32)21-35-39(29(3,4)5,22-16-12-10-13-17-22)23-18-14-11-15-19-23/h8,10-19,24,26-28,32H,1,9,20-21H2,2-7H3/t24-,26-,27+,28-,31+/m1/s1. The van der Waals surface area contributed by atoms with Gasteiger partial charge < -0.3 is 28.5 Å². The van der Waals surface area contributed by atoms with Crippen molar-refractivity contribution < 1.29 is 33.3 Å². The van der Waals surface area contributed by atoms with Crippen molar-refractivity contribution in [3.05, 3.63) is 73.3 Å². The summed E-state index contributed by atoms with van der Waals surface area (Å²) >= 11 is 0. The second-order valence-corrected chi connectivity index (χ2v) is 16.1. The molecule has 0 aliphatic carbocycles. The van der Waals surface area contributed by atoms with Crippen LogP contribution in [0, 0.1) is 5.41 Å². The van der Waals surface area contributed by atoms with Gasteiger partial charge in [-0.1, -0.05) is 87.5 Å². The summed E-state index contributed by atoms with van der Waals surface area (Å²) in [7, 11) is -2.91. The Morgan fingerprint density at radius 2 is 1.64 bits per heavy atom. The number of ether oxygens (including phenoxy) is 4. The van der Waals surface area contributed by atoms with E-state index < -0.39 is 50.1 Å². The zero-order valence-electron chi connectivity index (χ0n) is 23.9. The predicted octanol–water partition coefficient (Wildman–Crippen LogP) is 3.93. The highest BCUT2D eigenvalue weighted by molar-refractivity contribution is 6.99. The second-order valence-electron chi connectivity index (χ2n) is 11.8. The summed E-state index contributed by atoms with van der Waals surface area (Å²) in [4.78, 5) is 12.8. The molecule has 0 spiro atoms. The van der Waals surface area contributed by atoms with Crippen molar-refractivity contribution in [1.29, 1.82) is 0 Å². The van der Waals surface area contributed by atoms with E-state index in [1.54, 1.807) is 26.8 Å². The van der Waals surface area contributed by atoms with Gasteiger partial charge in [-0.15, -0.1) is 6.58 Å². The predicted molar refractivity (Wildman–Crippen MR) is 152 cm³/mol. The Hall–Kier alpha value is -2.33. The Morgan fingerprint density at radius 3 is 2.13 bits per heavy atom. The maximum absolute atomic E-state index is 12.8. The fourth-order valence-corrected chi connectivity index (χ4v) is 10.7. The number of aliphatic hydroxyl groups excluding tert-OH is 1. The first-order chi connectivity index (χ1) is 18.4. The molecule has 5 atom stereocenters. The van der Waals surface area contributed by atoms with Crippen LogP contribution in [-0.4, -0.2) is 63.0 Å². The van der Waals surface area contributed by atoms with Crippen LogP contribution in [0.5, 0.6) is 0 Å². The van der Waals surface area contributed by atoms with Gasteiger partial charge in [-0.25, -0.2) is 0 Å². The van der Waals surface area contributed by atoms with Crippen molar-refractivity contribution in [3.8, 4) is 0 Å². The highest BCUT2D eigenvalue weighted by Crippen LogP contribution is 2.52. The fourth-order valence-electron chi connectivity index (χ4n) is 6.10. The molecule has 2 heterocycles. The number of benzene rings is 2. The van der Waals surface area contributed by atoms with Crippen LogP contribution in [0.4, 0.5) is 0 Å². The number of hydrogen-bond donors (Lipinski definition) is 1. The number of fused-ring (bicyclic) bond motifs is 1. The molecule has 2 aromatic carbocycles. The minimum atomic E-state index is -2.91. The molecule has 2 aromatic rings. The van der Waals surface area contributed by atoms with Crippen molar-refractivity contribution in [3.63, 3.8) is 0 Å². The number of aliphatic hydroxyl groups is 1. The molecule has 2 fully saturated rings. The van der Waals surface area contributed by atoms with Crippen LogP contribution in [-0.2, 0) is 28.2 Å². The summed E-state index contributed by atoms with van der Waals surface area (Å²) in [5.74, 6) is -1.32. The zero-order chi connectivity index (χ0) is 28.5. The molecular weight excluding hydrogens is 512 g/mol. The normalized spacial score (nSPS) is 27.1. The lowest BCUT2D eigenvalue weighted by Crippen LogP contribution is -2.67. The first-order valence-corrected chi connectivity index (χ1v) is 15.5. The van der Waals surface area contributed by atoms with Crippen molar-refractivity contribution in [2.75, 3.05) is 13.2 Å². The minimum Gasteiger partial charge on any atom is -0.466 e. The quantitative estimate of drug-likeness (QED) is 0.271. The molecule has 1 N–H and O–H groups in total. The van der Waals surface area contributed by atoms with Crippen LogP contribution in [0.2, 0.25) is 5.04 Å². The summed E-state index contributed by atoms with van der Waals surface area (Å²) < 4.78 is 30.8. The smallest absolute Gasteiger partial charge is 0.306 e. The Morgan fingerprint density at radius 1 is 1.08 bits per heavy atom. The van der Waals surface area contributed by atoms with Gasteiger partial charge >= 0.3 is 5.97 Å². The molecule has 0 bridgehead atoms. The van der Waals surface area contributed by atoms with E-state index in [-0.39, 0.29) is 24.7 Å². The van der Waals surface area contributed by atoms with E-state index in [1.807, 2.05) is 36.4 Å². The lowest BCUT2D eigenvalue weighted by atomic mass is 9.74. The first kappa shape index (κ1) is 29.6. The molecule has 39 heavy (non-hydrogen) atoms. The van der Waals surface area contributed by atoms with Crippen LogP contribution in [0.3, 0.4) is 0 Å². The van der Waals surface area contributed by atoms with Crippen LogP contribution in [0.25, 0.3) is 0 Å². The fraction of sp³-hybridized carbons (Fsp3) is 0.516. The third-order valence-electron chi connectivity index (χ3n) is 7.77.